The molecule has 2 N–H and O–H groups in total. The fraction of sp³-hybridized carbons (Fsp3) is 0.500. The lowest BCUT2D eigenvalue weighted by Gasteiger charge is -2.23. The van der Waals surface area contributed by atoms with Gasteiger partial charge in [0.05, 0.1) is 12.2 Å². The molecule has 1 aliphatic rings. The third-order valence-electron chi connectivity index (χ3n) is 2.78. The zero-order valence-electron chi connectivity index (χ0n) is 9.29. The van der Waals surface area contributed by atoms with Crippen molar-refractivity contribution in [2.75, 3.05) is 6.61 Å². The highest BCUT2D eigenvalue weighted by atomic mass is 16.5. The molecule has 0 fully saturated rings. The molecule has 0 amide bonds. The molecule has 2 rings (SSSR count). The van der Waals surface area contributed by atoms with E-state index in [0.717, 1.165) is 23.3 Å². The van der Waals surface area contributed by atoms with Crippen LogP contribution in [-0.2, 0) is 12.0 Å². The van der Waals surface area contributed by atoms with Gasteiger partial charge in [-0.1, -0.05) is 0 Å². The topological polar surface area (TPSA) is 49.7 Å². The zero-order valence-corrected chi connectivity index (χ0v) is 9.29. The summed E-state index contributed by atoms with van der Waals surface area (Å²) >= 11 is 0. The van der Waals surface area contributed by atoms with E-state index in [1.165, 1.54) is 0 Å². The van der Waals surface area contributed by atoms with Gasteiger partial charge in [-0.3, -0.25) is 0 Å². The quantitative estimate of drug-likeness (QED) is 0.740. The van der Waals surface area contributed by atoms with Crippen LogP contribution in [0.3, 0.4) is 0 Å². The summed E-state index contributed by atoms with van der Waals surface area (Å²) < 4.78 is 5.45. The van der Waals surface area contributed by atoms with Gasteiger partial charge in [0.15, 0.2) is 0 Å². The summed E-state index contributed by atoms with van der Waals surface area (Å²) in [5, 5.41) is 20.0. The van der Waals surface area contributed by atoms with Crippen LogP contribution < -0.4 is 4.74 Å². The number of phenols is 1. The van der Waals surface area contributed by atoms with Crippen LogP contribution in [0.5, 0.6) is 11.5 Å². The molecule has 0 atom stereocenters. The molecule has 0 radical (unpaired) electrons. The Morgan fingerprint density at radius 3 is 2.67 bits per heavy atom. The summed E-state index contributed by atoms with van der Waals surface area (Å²) in [6.07, 6.45) is 0.752. The van der Waals surface area contributed by atoms with E-state index < -0.39 is 5.60 Å². The first-order chi connectivity index (χ1) is 6.91. The number of hydrogen-bond donors (Lipinski definition) is 2. The first-order valence-corrected chi connectivity index (χ1v) is 5.12. The molecule has 82 valence electrons. The van der Waals surface area contributed by atoms with E-state index in [4.69, 9.17) is 4.74 Å². The number of fused-ring (bicyclic) bond motifs is 1. The summed E-state index contributed by atoms with van der Waals surface area (Å²) in [6.45, 7) is 5.80. The maximum atomic E-state index is 10.0. The number of aromatic hydroxyl groups is 1. The van der Waals surface area contributed by atoms with E-state index in [-0.39, 0.29) is 5.75 Å². The molecule has 0 aromatic heterocycles. The molecule has 15 heavy (non-hydrogen) atoms. The Morgan fingerprint density at radius 1 is 1.40 bits per heavy atom. The Labute approximate surface area is 89.3 Å². The number of ether oxygens (including phenoxy) is 1. The second-order valence-electron chi connectivity index (χ2n) is 4.55. The summed E-state index contributed by atoms with van der Waals surface area (Å²) in [4.78, 5) is 0. The van der Waals surface area contributed by atoms with Gasteiger partial charge < -0.3 is 14.9 Å². The average Bonchev–Trinajstić information content (AvgIpc) is 2.50. The predicted molar refractivity (Wildman–Crippen MR) is 57.3 cm³/mol. The Kier molecular flexibility index (Phi) is 2.15. The molecule has 0 saturated heterocycles. The van der Waals surface area contributed by atoms with Crippen molar-refractivity contribution >= 4 is 0 Å². The largest absolute Gasteiger partial charge is 0.507 e. The smallest absolute Gasteiger partial charge is 0.125 e. The highest BCUT2D eigenvalue weighted by Crippen LogP contribution is 2.42. The number of phenolic OH excluding ortho intramolecular Hbond substituents is 1. The molecule has 1 aromatic carbocycles. The molecule has 1 aliphatic heterocycles. The normalized spacial score (nSPS) is 14.9. The van der Waals surface area contributed by atoms with Gasteiger partial charge in [-0.05, 0) is 32.4 Å². The molecule has 1 heterocycles. The van der Waals surface area contributed by atoms with Crippen LogP contribution >= 0.6 is 0 Å². The zero-order chi connectivity index (χ0) is 11.2. The van der Waals surface area contributed by atoms with E-state index in [0.29, 0.717) is 12.2 Å². The maximum Gasteiger partial charge on any atom is 0.125 e. The van der Waals surface area contributed by atoms with Gasteiger partial charge in [0.1, 0.15) is 11.5 Å². The summed E-state index contributed by atoms with van der Waals surface area (Å²) in [7, 11) is 0. The molecule has 3 nitrogen and oxygen atoms in total. The highest BCUT2D eigenvalue weighted by Gasteiger charge is 2.30. The first kappa shape index (κ1) is 10.3. The molecular formula is C12H16O3. The summed E-state index contributed by atoms with van der Waals surface area (Å²) in [6, 6.07) is 1.83. The molecule has 0 unspecified atom stereocenters. The number of hydrogen-bond acceptors (Lipinski definition) is 3. The second kappa shape index (κ2) is 3.14. The molecule has 0 bridgehead atoms. The lowest BCUT2D eigenvalue weighted by molar-refractivity contribution is 0.0748. The van der Waals surface area contributed by atoms with Crippen LogP contribution in [0.4, 0.5) is 0 Å². The van der Waals surface area contributed by atoms with Gasteiger partial charge in [-0.25, -0.2) is 0 Å². The second-order valence-corrected chi connectivity index (χ2v) is 4.55. The van der Waals surface area contributed by atoms with Crippen molar-refractivity contribution in [1.29, 1.82) is 0 Å². The minimum Gasteiger partial charge on any atom is -0.507 e. The van der Waals surface area contributed by atoms with Crippen molar-refractivity contribution in [3.05, 3.63) is 22.8 Å². The molecule has 0 spiro atoms. The first-order valence-electron chi connectivity index (χ1n) is 5.12. The van der Waals surface area contributed by atoms with Gasteiger partial charge >= 0.3 is 0 Å². The summed E-state index contributed by atoms with van der Waals surface area (Å²) in [5.74, 6) is 0.981. The molecular weight excluding hydrogens is 192 g/mol. The minimum absolute atomic E-state index is 0.187. The third-order valence-corrected chi connectivity index (χ3v) is 2.78. The van der Waals surface area contributed by atoms with Gasteiger partial charge in [-0.2, -0.15) is 0 Å². The predicted octanol–water partition coefficient (Wildman–Crippen LogP) is 1.86. The van der Waals surface area contributed by atoms with E-state index >= 15 is 0 Å². The standard InChI is InChI=1S/C12H16O3/c1-7-6-9-8(4-5-15-9)10(11(7)13)12(2,3)14/h6,13-14H,4-5H2,1-3H3. The lowest BCUT2D eigenvalue weighted by Crippen LogP contribution is -2.18. The fourth-order valence-corrected chi connectivity index (χ4v) is 2.11. The van der Waals surface area contributed by atoms with E-state index in [9.17, 15) is 10.2 Å². The van der Waals surface area contributed by atoms with Gasteiger partial charge in [-0.15, -0.1) is 0 Å². The van der Waals surface area contributed by atoms with Crippen LogP contribution in [0, 0.1) is 6.92 Å². The van der Waals surface area contributed by atoms with Crippen LogP contribution in [-0.4, -0.2) is 16.8 Å². The van der Waals surface area contributed by atoms with Crippen LogP contribution in [0.1, 0.15) is 30.5 Å². The average molecular weight is 208 g/mol. The number of aliphatic hydroxyl groups is 1. The SMILES string of the molecule is Cc1cc2c(c(C(C)(C)O)c1O)CCO2. The molecule has 0 saturated carbocycles. The van der Waals surface area contributed by atoms with Crippen LogP contribution in [0.25, 0.3) is 0 Å². The highest BCUT2D eigenvalue weighted by molar-refractivity contribution is 5.56. The van der Waals surface area contributed by atoms with Gasteiger partial charge in [0.2, 0.25) is 0 Å². The van der Waals surface area contributed by atoms with Crippen LogP contribution in [0.2, 0.25) is 0 Å². The van der Waals surface area contributed by atoms with E-state index in [2.05, 4.69) is 0 Å². The molecule has 3 heteroatoms. The van der Waals surface area contributed by atoms with E-state index in [1.54, 1.807) is 13.8 Å². The van der Waals surface area contributed by atoms with Gasteiger partial charge in [0.25, 0.3) is 0 Å². The van der Waals surface area contributed by atoms with Crippen molar-refractivity contribution in [2.24, 2.45) is 0 Å². The number of aryl methyl sites for hydroxylation is 1. The molecule has 1 aromatic rings. The van der Waals surface area contributed by atoms with Crippen molar-refractivity contribution in [1.82, 2.24) is 0 Å². The van der Waals surface area contributed by atoms with Crippen LogP contribution in [0.15, 0.2) is 6.07 Å². The Hall–Kier alpha value is -1.22. The lowest BCUT2D eigenvalue weighted by atomic mass is 9.89. The molecule has 0 aliphatic carbocycles. The minimum atomic E-state index is -1.03. The van der Waals surface area contributed by atoms with Crippen molar-refractivity contribution in [2.45, 2.75) is 32.8 Å². The Balaban J connectivity index is 2.71. The fourth-order valence-electron chi connectivity index (χ4n) is 2.11. The Bertz CT molecular complexity index is 402. The maximum absolute atomic E-state index is 10.0. The number of benzene rings is 1. The van der Waals surface area contributed by atoms with E-state index in [1.807, 2.05) is 13.0 Å². The Morgan fingerprint density at radius 2 is 2.07 bits per heavy atom. The van der Waals surface area contributed by atoms with Crippen molar-refractivity contribution < 1.29 is 14.9 Å². The summed E-state index contributed by atoms with van der Waals surface area (Å²) in [5.41, 5.74) is 1.25. The number of rotatable bonds is 1. The van der Waals surface area contributed by atoms with Crippen molar-refractivity contribution in [3.63, 3.8) is 0 Å². The van der Waals surface area contributed by atoms with Crippen molar-refractivity contribution in [3.8, 4) is 11.5 Å². The third kappa shape index (κ3) is 1.57. The monoisotopic (exact) mass is 208 g/mol. The van der Waals surface area contributed by atoms with Gasteiger partial charge in [0, 0.05) is 17.5 Å².